The molecule has 2 rings (SSSR count). The van der Waals surface area contributed by atoms with Crippen LogP contribution in [0.3, 0.4) is 0 Å². The van der Waals surface area contributed by atoms with Gasteiger partial charge in [-0.2, -0.15) is 13.2 Å². The van der Waals surface area contributed by atoms with Crippen molar-refractivity contribution in [3.8, 4) is 5.75 Å². The topological polar surface area (TPSA) is 48.1 Å². The van der Waals surface area contributed by atoms with Gasteiger partial charge in [0.05, 0.1) is 6.20 Å². The Morgan fingerprint density at radius 3 is 2.44 bits per heavy atom. The van der Waals surface area contributed by atoms with Crippen LogP contribution in [-0.2, 0) is 6.18 Å². The zero-order chi connectivity index (χ0) is 11.8. The van der Waals surface area contributed by atoms with Gasteiger partial charge in [0.2, 0.25) is 0 Å². The highest BCUT2D eigenvalue weighted by molar-refractivity contribution is 5.21. The van der Waals surface area contributed by atoms with E-state index < -0.39 is 11.9 Å². The summed E-state index contributed by atoms with van der Waals surface area (Å²) in [5, 5.41) is 0. The fourth-order valence-electron chi connectivity index (χ4n) is 1.51. The van der Waals surface area contributed by atoms with Crippen molar-refractivity contribution in [1.82, 2.24) is 4.98 Å². The van der Waals surface area contributed by atoms with E-state index in [0.717, 1.165) is 25.1 Å². The number of aromatic nitrogens is 1. The largest absolute Gasteiger partial charge is 0.489 e. The van der Waals surface area contributed by atoms with Crippen molar-refractivity contribution in [2.75, 3.05) is 0 Å². The van der Waals surface area contributed by atoms with Crippen molar-refractivity contribution in [3.63, 3.8) is 0 Å². The van der Waals surface area contributed by atoms with Gasteiger partial charge in [0.1, 0.15) is 17.5 Å². The molecule has 0 unspecified atom stereocenters. The number of nitrogens with two attached hydrogens (primary N) is 1. The lowest BCUT2D eigenvalue weighted by molar-refractivity contribution is -0.141. The zero-order valence-corrected chi connectivity index (χ0v) is 8.37. The second-order valence-corrected chi connectivity index (χ2v) is 3.85. The Balaban J connectivity index is 1.97. The first kappa shape index (κ1) is 11.2. The molecule has 0 aromatic carbocycles. The van der Waals surface area contributed by atoms with Gasteiger partial charge in [-0.05, 0) is 25.0 Å². The van der Waals surface area contributed by atoms with Gasteiger partial charge in [0.15, 0.2) is 0 Å². The maximum absolute atomic E-state index is 12.2. The summed E-state index contributed by atoms with van der Waals surface area (Å²) in [6.45, 7) is 0. The van der Waals surface area contributed by atoms with Gasteiger partial charge in [-0.15, -0.1) is 0 Å². The minimum Gasteiger partial charge on any atom is -0.489 e. The summed E-state index contributed by atoms with van der Waals surface area (Å²) in [5.41, 5.74) is 4.65. The first-order valence-corrected chi connectivity index (χ1v) is 4.90. The number of halogens is 3. The van der Waals surface area contributed by atoms with E-state index in [2.05, 4.69) is 4.98 Å². The Hall–Kier alpha value is -1.30. The van der Waals surface area contributed by atoms with Crippen LogP contribution in [0.2, 0.25) is 0 Å². The summed E-state index contributed by atoms with van der Waals surface area (Å²) in [4.78, 5) is 3.30. The fraction of sp³-hybridized carbons (Fsp3) is 0.500. The van der Waals surface area contributed by atoms with E-state index in [-0.39, 0.29) is 12.1 Å². The molecule has 1 aliphatic rings. The van der Waals surface area contributed by atoms with Gasteiger partial charge in [0.25, 0.3) is 0 Å². The van der Waals surface area contributed by atoms with Crippen LogP contribution in [0, 0.1) is 0 Å². The molecule has 0 spiro atoms. The van der Waals surface area contributed by atoms with E-state index in [4.69, 9.17) is 10.5 Å². The molecule has 0 aliphatic heterocycles. The number of rotatable bonds is 2. The number of alkyl halides is 3. The average Bonchev–Trinajstić information content (AvgIpc) is 2.15. The van der Waals surface area contributed by atoms with Gasteiger partial charge in [-0.3, -0.25) is 0 Å². The number of pyridine rings is 1. The average molecular weight is 232 g/mol. The summed E-state index contributed by atoms with van der Waals surface area (Å²) in [6.07, 6.45) is -1.83. The molecule has 1 saturated carbocycles. The van der Waals surface area contributed by atoms with E-state index in [1.165, 1.54) is 6.07 Å². The van der Waals surface area contributed by atoms with Crippen LogP contribution in [-0.4, -0.2) is 17.1 Å². The molecule has 1 heterocycles. The summed E-state index contributed by atoms with van der Waals surface area (Å²) < 4.78 is 42.0. The minimum absolute atomic E-state index is 0.00790. The summed E-state index contributed by atoms with van der Waals surface area (Å²) in [6, 6.07) is 2.33. The van der Waals surface area contributed by atoms with Crippen LogP contribution in [0.1, 0.15) is 18.5 Å². The molecule has 0 amide bonds. The van der Waals surface area contributed by atoms with E-state index in [1.54, 1.807) is 0 Å². The monoisotopic (exact) mass is 232 g/mol. The Bertz CT molecular complexity index is 357. The summed E-state index contributed by atoms with van der Waals surface area (Å²) in [5.74, 6) is 0.352. The fourth-order valence-corrected chi connectivity index (χ4v) is 1.51. The molecule has 88 valence electrons. The van der Waals surface area contributed by atoms with Crippen molar-refractivity contribution < 1.29 is 17.9 Å². The van der Waals surface area contributed by atoms with Crippen molar-refractivity contribution >= 4 is 0 Å². The number of hydrogen-bond acceptors (Lipinski definition) is 3. The highest BCUT2D eigenvalue weighted by Gasteiger charge is 2.32. The van der Waals surface area contributed by atoms with Crippen molar-refractivity contribution in [1.29, 1.82) is 0 Å². The standard InChI is InChI=1S/C10H11F3N2O/c11-10(12,13)9-2-1-7(5-15-9)16-8-3-6(14)4-8/h1-2,5-6,8H,3-4,14H2/t6-,8+. The molecule has 16 heavy (non-hydrogen) atoms. The van der Waals surface area contributed by atoms with Crippen LogP contribution in [0.4, 0.5) is 13.2 Å². The number of hydrogen-bond donors (Lipinski definition) is 1. The van der Waals surface area contributed by atoms with Gasteiger partial charge in [0, 0.05) is 6.04 Å². The second-order valence-electron chi connectivity index (χ2n) is 3.85. The lowest BCUT2D eigenvalue weighted by atomic mass is 9.90. The Labute approximate surface area is 90.4 Å². The highest BCUT2D eigenvalue weighted by Crippen LogP contribution is 2.29. The minimum atomic E-state index is -4.41. The molecule has 0 saturated heterocycles. The molecule has 0 atom stereocenters. The number of nitrogens with zero attached hydrogens (tertiary/aromatic N) is 1. The molecule has 3 nitrogen and oxygen atoms in total. The molecular weight excluding hydrogens is 221 g/mol. The maximum atomic E-state index is 12.2. The second kappa shape index (κ2) is 3.93. The van der Waals surface area contributed by atoms with Crippen LogP contribution in [0.25, 0.3) is 0 Å². The molecular formula is C10H11F3N2O. The van der Waals surface area contributed by atoms with Crippen LogP contribution in [0.5, 0.6) is 5.75 Å². The zero-order valence-electron chi connectivity index (χ0n) is 8.37. The number of ether oxygens (including phenoxy) is 1. The van der Waals surface area contributed by atoms with Gasteiger partial charge >= 0.3 is 6.18 Å². The lowest BCUT2D eigenvalue weighted by Gasteiger charge is -2.32. The maximum Gasteiger partial charge on any atom is 0.433 e. The van der Waals surface area contributed by atoms with E-state index in [1.807, 2.05) is 0 Å². The molecule has 0 radical (unpaired) electrons. The summed E-state index contributed by atoms with van der Waals surface area (Å²) >= 11 is 0. The molecule has 6 heteroatoms. The first-order chi connectivity index (χ1) is 7.45. The first-order valence-electron chi connectivity index (χ1n) is 4.90. The predicted molar refractivity (Wildman–Crippen MR) is 50.9 cm³/mol. The van der Waals surface area contributed by atoms with Crippen molar-refractivity contribution in [2.45, 2.75) is 31.2 Å². The smallest absolute Gasteiger partial charge is 0.433 e. The van der Waals surface area contributed by atoms with Crippen LogP contribution < -0.4 is 10.5 Å². The van der Waals surface area contributed by atoms with Crippen molar-refractivity contribution in [2.24, 2.45) is 5.73 Å². The van der Waals surface area contributed by atoms with Crippen LogP contribution >= 0.6 is 0 Å². The highest BCUT2D eigenvalue weighted by atomic mass is 19.4. The summed E-state index contributed by atoms with van der Waals surface area (Å²) in [7, 11) is 0. The normalized spacial score (nSPS) is 25.0. The third kappa shape index (κ3) is 2.44. The van der Waals surface area contributed by atoms with Gasteiger partial charge in [-0.1, -0.05) is 0 Å². The van der Waals surface area contributed by atoms with E-state index in [9.17, 15) is 13.2 Å². The Kier molecular flexibility index (Phi) is 2.75. The van der Waals surface area contributed by atoms with Crippen LogP contribution in [0.15, 0.2) is 18.3 Å². The Morgan fingerprint density at radius 2 is 2.00 bits per heavy atom. The molecule has 1 fully saturated rings. The van der Waals surface area contributed by atoms with E-state index >= 15 is 0 Å². The molecule has 1 aromatic rings. The third-order valence-corrected chi connectivity index (χ3v) is 2.46. The van der Waals surface area contributed by atoms with E-state index in [0.29, 0.717) is 5.75 Å². The quantitative estimate of drug-likeness (QED) is 0.848. The Morgan fingerprint density at radius 1 is 1.31 bits per heavy atom. The third-order valence-electron chi connectivity index (χ3n) is 2.46. The lowest BCUT2D eigenvalue weighted by Crippen LogP contribution is -2.43. The SMILES string of the molecule is N[C@H]1C[C@@H](Oc2ccc(C(F)(F)F)nc2)C1. The molecule has 0 bridgehead atoms. The van der Waals surface area contributed by atoms with Gasteiger partial charge in [-0.25, -0.2) is 4.98 Å². The van der Waals surface area contributed by atoms with Crippen molar-refractivity contribution in [3.05, 3.63) is 24.0 Å². The molecule has 1 aliphatic carbocycles. The van der Waals surface area contributed by atoms with Gasteiger partial charge < -0.3 is 10.5 Å². The molecule has 2 N–H and O–H groups in total. The molecule has 1 aromatic heterocycles. The predicted octanol–water partition coefficient (Wildman–Crippen LogP) is 1.97.